The topological polar surface area (TPSA) is 76.3 Å². The zero-order chi connectivity index (χ0) is 15.0. The quantitative estimate of drug-likeness (QED) is 0.793. The maximum Gasteiger partial charge on any atom is 0.185 e. The summed E-state index contributed by atoms with van der Waals surface area (Å²) >= 11 is 1.25. The molecule has 2 N–H and O–H groups in total. The maximum absolute atomic E-state index is 12.5. The van der Waals surface area contributed by atoms with Crippen molar-refractivity contribution in [3.63, 3.8) is 0 Å². The largest absolute Gasteiger partial charge is 0.382 e. The summed E-state index contributed by atoms with van der Waals surface area (Å²) in [5.74, 6) is 1.76. The third-order valence-electron chi connectivity index (χ3n) is 4.08. The normalized spacial score (nSPS) is 18.9. The van der Waals surface area contributed by atoms with E-state index >= 15 is 0 Å². The van der Waals surface area contributed by atoms with Crippen LogP contribution in [-0.2, 0) is 9.84 Å². The fourth-order valence-electron chi connectivity index (χ4n) is 2.61. The van der Waals surface area contributed by atoms with Gasteiger partial charge >= 0.3 is 0 Å². The third kappa shape index (κ3) is 3.51. The van der Waals surface area contributed by atoms with Crippen LogP contribution in [0.4, 0.5) is 10.8 Å². The average Bonchev–Trinajstić information content (AvgIpc) is 3.31. The Morgan fingerprint density at radius 2 is 1.81 bits per heavy atom. The highest BCUT2D eigenvalue weighted by molar-refractivity contribution is 7.91. The Hall–Kier alpha value is -0.820. The minimum Gasteiger partial charge on any atom is -0.382 e. The molecule has 0 saturated heterocycles. The minimum atomic E-state index is -3.32. The highest BCUT2D eigenvalue weighted by atomic mass is 32.2. The lowest BCUT2D eigenvalue weighted by Crippen LogP contribution is -2.28. The molecule has 2 saturated carbocycles. The molecule has 2 aliphatic rings. The minimum absolute atomic E-state index is 0.142. The van der Waals surface area contributed by atoms with Gasteiger partial charge < -0.3 is 10.6 Å². The second kappa shape index (κ2) is 5.76. The van der Waals surface area contributed by atoms with Gasteiger partial charge in [-0.3, -0.25) is 0 Å². The molecule has 2 fully saturated rings. The number of sulfone groups is 1. The summed E-state index contributed by atoms with van der Waals surface area (Å²) in [6.45, 7) is 3.78. The Bertz CT molecular complexity index is 590. The second-order valence-corrected chi connectivity index (χ2v) is 9.11. The zero-order valence-electron chi connectivity index (χ0n) is 12.4. The van der Waals surface area contributed by atoms with E-state index in [4.69, 9.17) is 5.73 Å². The lowest BCUT2D eigenvalue weighted by Gasteiger charge is -2.24. The Balaban J connectivity index is 1.91. The van der Waals surface area contributed by atoms with Crippen LogP contribution in [0, 0.1) is 11.8 Å². The van der Waals surface area contributed by atoms with Crippen LogP contribution in [0.15, 0.2) is 4.90 Å². The molecule has 1 aromatic rings. The molecule has 0 spiro atoms. The van der Waals surface area contributed by atoms with Gasteiger partial charge in [0.15, 0.2) is 15.7 Å². The average molecular weight is 329 g/mol. The number of hydrogen-bond donors (Lipinski definition) is 1. The van der Waals surface area contributed by atoms with E-state index in [1.165, 1.54) is 37.2 Å². The molecule has 0 atom stereocenters. The molecule has 0 bridgehead atoms. The molecule has 3 rings (SSSR count). The van der Waals surface area contributed by atoms with Crippen LogP contribution in [-0.4, -0.2) is 31.6 Å². The van der Waals surface area contributed by atoms with Crippen molar-refractivity contribution in [1.29, 1.82) is 0 Å². The van der Waals surface area contributed by atoms with Crippen LogP contribution < -0.4 is 10.6 Å². The molecule has 1 aromatic heterocycles. The number of rotatable bonds is 8. The van der Waals surface area contributed by atoms with Crippen molar-refractivity contribution in [3.8, 4) is 0 Å². The van der Waals surface area contributed by atoms with Crippen LogP contribution in [0.3, 0.4) is 0 Å². The van der Waals surface area contributed by atoms with E-state index in [1.807, 2.05) is 6.92 Å². The van der Waals surface area contributed by atoms with E-state index in [0.29, 0.717) is 18.3 Å². The first-order valence-electron chi connectivity index (χ1n) is 7.74. The van der Waals surface area contributed by atoms with Crippen molar-refractivity contribution >= 4 is 32.2 Å². The predicted molar refractivity (Wildman–Crippen MR) is 86.5 cm³/mol. The van der Waals surface area contributed by atoms with Gasteiger partial charge in [0.2, 0.25) is 0 Å². The zero-order valence-corrected chi connectivity index (χ0v) is 14.0. The van der Waals surface area contributed by atoms with Crippen molar-refractivity contribution in [1.82, 2.24) is 4.37 Å². The molecule has 0 aliphatic heterocycles. The number of nitrogen functional groups attached to an aromatic ring is 1. The molecular weight excluding hydrogens is 306 g/mol. The van der Waals surface area contributed by atoms with E-state index < -0.39 is 9.84 Å². The first kappa shape index (κ1) is 15.1. The number of aromatic nitrogens is 1. The van der Waals surface area contributed by atoms with Crippen LogP contribution in [0.1, 0.15) is 39.0 Å². The third-order valence-corrected chi connectivity index (χ3v) is 7.10. The maximum atomic E-state index is 12.5. The molecule has 2 aliphatic carbocycles. The van der Waals surface area contributed by atoms with Gasteiger partial charge in [0, 0.05) is 13.1 Å². The fraction of sp³-hybridized carbons (Fsp3) is 0.786. The molecule has 1 heterocycles. The van der Waals surface area contributed by atoms with Crippen molar-refractivity contribution < 1.29 is 8.42 Å². The molecule has 0 aromatic carbocycles. The van der Waals surface area contributed by atoms with Gasteiger partial charge in [-0.05, 0) is 55.5 Å². The van der Waals surface area contributed by atoms with Crippen LogP contribution >= 0.6 is 11.5 Å². The van der Waals surface area contributed by atoms with Gasteiger partial charge in [0.1, 0.15) is 9.90 Å². The Morgan fingerprint density at radius 3 is 2.29 bits per heavy atom. The molecule has 5 nitrogen and oxygen atoms in total. The smallest absolute Gasteiger partial charge is 0.185 e. The van der Waals surface area contributed by atoms with Crippen LogP contribution in [0.5, 0.6) is 0 Å². The van der Waals surface area contributed by atoms with Gasteiger partial charge in [-0.1, -0.05) is 6.92 Å². The predicted octanol–water partition coefficient (Wildman–Crippen LogP) is 2.54. The van der Waals surface area contributed by atoms with Crippen molar-refractivity contribution in [2.45, 2.75) is 43.9 Å². The molecule has 7 heteroatoms. The summed E-state index contributed by atoms with van der Waals surface area (Å²) in [7, 11) is -3.32. The van der Waals surface area contributed by atoms with E-state index in [1.54, 1.807) is 0 Å². The number of hydrogen-bond acceptors (Lipinski definition) is 6. The summed E-state index contributed by atoms with van der Waals surface area (Å²) in [4.78, 5) is 2.53. The summed E-state index contributed by atoms with van der Waals surface area (Å²) in [6, 6.07) is 0. The summed E-state index contributed by atoms with van der Waals surface area (Å²) in [5, 5.41) is 0.778. The van der Waals surface area contributed by atoms with E-state index in [0.717, 1.165) is 18.1 Å². The lowest BCUT2D eigenvalue weighted by atomic mass is 10.3. The molecular formula is C14H23N3O2S2. The van der Waals surface area contributed by atoms with Crippen molar-refractivity contribution in [2.24, 2.45) is 11.8 Å². The molecule has 0 radical (unpaired) electrons. The molecule has 21 heavy (non-hydrogen) atoms. The second-order valence-electron chi connectivity index (χ2n) is 6.31. The van der Waals surface area contributed by atoms with Gasteiger partial charge in [-0.2, -0.15) is 4.37 Å². The summed E-state index contributed by atoms with van der Waals surface area (Å²) < 4.78 is 29.1. The van der Waals surface area contributed by atoms with E-state index in [2.05, 4.69) is 9.27 Å². The first-order chi connectivity index (χ1) is 10.0. The van der Waals surface area contributed by atoms with Gasteiger partial charge in [0.05, 0.1) is 5.75 Å². The van der Waals surface area contributed by atoms with Gasteiger partial charge in [0.25, 0.3) is 0 Å². The first-order valence-corrected chi connectivity index (χ1v) is 10.2. The Labute approximate surface area is 130 Å². The van der Waals surface area contributed by atoms with Crippen LogP contribution in [0.2, 0.25) is 0 Å². The number of nitrogens with zero attached hydrogens (tertiary/aromatic N) is 2. The highest BCUT2D eigenvalue weighted by Crippen LogP contribution is 2.41. The SMILES string of the molecule is CCCS(=O)(=O)c1c(N)nsc1N(CC1CC1)CC1CC1. The summed E-state index contributed by atoms with van der Waals surface area (Å²) in [5.41, 5.74) is 5.88. The Kier molecular flexibility index (Phi) is 4.14. The Morgan fingerprint density at radius 1 is 1.24 bits per heavy atom. The van der Waals surface area contributed by atoms with Crippen molar-refractivity contribution in [3.05, 3.63) is 0 Å². The summed E-state index contributed by atoms with van der Waals surface area (Å²) in [6.07, 6.45) is 5.63. The molecule has 0 unspecified atom stereocenters. The van der Waals surface area contributed by atoms with Crippen LogP contribution in [0.25, 0.3) is 0 Å². The molecule has 0 amide bonds. The van der Waals surface area contributed by atoms with E-state index in [9.17, 15) is 8.42 Å². The van der Waals surface area contributed by atoms with Crippen molar-refractivity contribution in [2.75, 3.05) is 29.5 Å². The standard InChI is InChI=1S/C14H23N3O2S2/c1-2-7-21(18,19)12-13(15)16-20-14(12)17(8-10-3-4-10)9-11-5-6-11/h10-11H,2-9H2,1H3,(H2,15,16). The highest BCUT2D eigenvalue weighted by Gasteiger charge is 2.34. The van der Waals surface area contributed by atoms with Gasteiger partial charge in [-0.25, -0.2) is 8.42 Å². The lowest BCUT2D eigenvalue weighted by molar-refractivity contribution is 0.594. The fourth-order valence-corrected chi connectivity index (χ4v) is 5.39. The van der Waals surface area contributed by atoms with E-state index in [-0.39, 0.29) is 16.5 Å². The monoisotopic (exact) mass is 329 g/mol. The molecule has 118 valence electrons. The number of nitrogens with two attached hydrogens (primary N) is 1. The van der Waals surface area contributed by atoms with Gasteiger partial charge in [-0.15, -0.1) is 0 Å². The number of anilines is 2.